The van der Waals surface area contributed by atoms with Crippen molar-refractivity contribution in [2.24, 2.45) is 5.41 Å². The molecule has 1 aromatic rings. The molecule has 0 aromatic heterocycles. The predicted octanol–water partition coefficient (Wildman–Crippen LogP) is 2.50. The Balaban J connectivity index is 2.63. The fourth-order valence-corrected chi connectivity index (χ4v) is 1.54. The maximum atomic E-state index is 11.7. The summed E-state index contributed by atoms with van der Waals surface area (Å²) in [7, 11) is 0. The summed E-state index contributed by atoms with van der Waals surface area (Å²) in [6.45, 7) is 9.85. The fraction of sp³-hybridized carbons (Fsp3) is 0.533. The third kappa shape index (κ3) is 3.84. The second-order valence-corrected chi connectivity index (χ2v) is 5.82. The molecule has 3 heteroatoms. The van der Waals surface area contributed by atoms with Crippen LogP contribution in [0.5, 0.6) is 0 Å². The van der Waals surface area contributed by atoms with Gasteiger partial charge in [0, 0.05) is 12.0 Å². The largest absolute Gasteiger partial charge is 0.387 e. The second-order valence-electron chi connectivity index (χ2n) is 5.82. The molecular weight excluding hydrogens is 226 g/mol. The number of hydrogen-bond donors (Lipinski definition) is 2. The minimum atomic E-state index is -0.657. The van der Waals surface area contributed by atoms with E-state index in [2.05, 4.69) is 5.32 Å². The van der Waals surface area contributed by atoms with Gasteiger partial charge in [0.2, 0.25) is 5.91 Å². The van der Waals surface area contributed by atoms with E-state index < -0.39 is 11.5 Å². The van der Waals surface area contributed by atoms with Crippen LogP contribution < -0.4 is 5.32 Å². The zero-order valence-electron chi connectivity index (χ0n) is 11.9. The molecule has 18 heavy (non-hydrogen) atoms. The number of hydrogen-bond acceptors (Lipinski definition) is 2. The first-order valence-electron chi connectivity index (χ1n) is 6.25. The van der Waals surface area contributed by atoms with Crippen LogP contribution in [0.15, 0.2) is 18.2 Å². The summed E-state index contributed by atoms with van der Waals surface area (Å²) in [6.07, 6.45) is -0.657. The van der Waals surface area contributed by atoms with E-state index in [4.69, 9.17) is 0 Å². The number of benzene rings is 1. The van der Waals surface area contributed by atoms with Crippen molar-refractivity contribution in [1.29, 1.82) is 0 Å². The number of aliphatic hydroxyl groups is 1. The SMILES string of the molecule is Cc1ccc(C(O)CNC(=O)C(C)(C)C)cc1C. The van der Waals surface area contributed by atoms with Gasteiger partial charge in [-0.05, 0) is 30.5 Å². The fourth-order valence-electron chi connectivity index (χ4n) is 1.54. The number of carbonyl (C=O) groups is 1. The summed E-state index contributed by atoms with van der Waals surface area (Å²) in [5.74, 6) is -0.0506. The van der Waals surface area contributed by atoms with Crippen LogP contribution in [-0.4, -0.2) is 17.6 Å². The third-order valence-corrected chi connectivity index (χ3v) is 3.05. The number of nitrogens with one attached hydrogen (secondary N) is 1. The molecule has 0 aliphatic heterocycles. The van der Waals surface area contributed by atoms with Crippen LogP contribution in [0.1, 0.15) is 43.6 Å². The van der Waals surface area contributed by atoms with Gasteiger partial charge in [-0.15, -0.1) is 0 Å². The third-order valence-electron chi connectivity index (χ3n) is 3.05. The Bertz CT molecular complexity index is 433. The Kier molecular flexibility index (Phi) is 4.52. The van der Waals surface area contributed by atoms with Gasteiger partial charge < -0.3 is 10.4 Å². The zero-order chi connectivity index (χ0) is 13.9. The van der Waals surface area contributed by atoms with Gasteiger partial charge in [-0.3, -0.25) is 4.79 Å². The van der Waals surface area contributed by atoms with E-state index in [0.717, 1.165) is 11.1 Å². The molecule has 1 aromatic carbocycles. The lowest BCUT2D eigenvalue weighted by Crippen LogP contribution is -2.37. The number of amides is 1. The zero-order valence-corrected chi connectivity index (χ0v) is 11.9. The van der Waals surface area contributed by atoms with Crippen molar-refractivity contribution in [2.75, 3.05) is 6.54 Å². The van der Waals surface area contributed by atoms with Crippen LogP contribution in [0.4, 0.5) is 0 Å². The van der Waals surface area contributed by atoms with Crippen molar-refractivity contribution in [3.63, 3.8) is 0 Å². The maximum Gasteiger partial charge on any atom is 0.225 e. The second kappa shape index (κ2) is 5.53. The summed E-state index contributed by atoms with van der Waals surface area (Å²) in [5.41, 5.74) is 2.76. The predicted molar refractivity (Wildman–Crippen MR) is 73.3 cm³/mol. The monoisotopic (exact) mass is 249 g/mol. The van der Waals surface area contributed by atoms with Crippen LogP contribution >= 0.6 is 0 Å². The van der Waals surface area contributed by atoms with Crippen molar-refractivity contribution < 1.29 is 9.90 Å². The topological polar surface area (TPSA) is 49.3 Å². The van der Waals surface area contributed by atoms with Crippen LogP contribution in [0.3, 0.4) is 0 Å². The summed E-state index contributed by atoms with van der Waals surface area (Å²) < 4.78 is 0. The van der Waals surface area contributed by atoms with Gasteiger partial charge in [-0.2, -0.15) is 0 Å². The Morgan fingerprint density at radius 3 is 2.39 bits per heavy atom. The van der Waals surface area contributed by atoms with Crippen molar-refractivity contribution in [3.8, 4) is 0 Å². The van der Waals surface area contributed by atoms with Crippen molar-refractivity contribution in [1.82, 2.24) is 5.32 Å². The van der Waals surface area contributed by atoms with Crippen molar-refractivity contribution >= 4 is 5.91 Å². The highest BCUT2D eigenvalue weighted by atomic mass is 16.3. The summed E-state index contributed by atoms with van der Waals surface area (Å²) in [4.78, 5) is 11.7. The highest BCUT2D eigenvalue weighted by Crippen LogP contribution is 2.17. The van der Waals surface area contributed by atoms with Gasteiger partial charge >= 0.3 is 0 Å². The Hall–Kier alpha value is -1.35. The van der Waals surface area contributed by atoms with Gasteiger partial charge in [-0.1, -0.05) is 39.0 Å². The van der Waals surface area contributed by atoms with Crippen LogP contribution in [0.2, 0.25) is 0 Å². The van der Waals surface area contributed by atoms with Gasteiger partial charge in [0.05, 0.1) is 6.10 Å². The van der Waals surface area contributed by atoms with E-state index in [1.165, 1.54) is 5.56 Å². The number of rotatable bonds is 3. The maximum absolute atomic E-state index is 11.7. The first-order valence-corrected chi connectivity index (χ1v) is 6.25. The Labute approximate surface area is 109 Å². The molecule has 0 heterocycles. The first-order chi connectivity index (χ1) is 8.21. The normalized spacial score (nSPS) is 13.2. The number of carbonyl (C=O) groups excluding carboxylic acids is 1. The van der Waals surface area contributed by atoms with Gasteiger partial charge in [0.15, 0.2) is 0 Å². The highest BCUT2D eigenvalue weighted by Gasteiger charge is 2.21. The van der Waals surface area contributed by atoms with E-state index in [-0.39, 0.29) is 12.5 Å². The van der Waals surface area contributed by atoms with Gasteiger partial charge in [0.25, 0.3) is 0 Å². The van der Waals surface area contributed by atoms with Crippen molar-refractivity contribution in [2.45, 2.75) is 40.7 Å². The molecule has 3 nitrogen and oxygen atoms in total. The molecule has 1 unspecified atom stereocenters. The lowest BCUT2D eigenvalue weighted by molar-refractivity contribution is -0.128. The standard InChI is InChI=1S/C15H23NO2/c1-10-6-7-12(8-11(10)2)13(17)9-16-14(18)15(3,4)5/h6-8,13,17H,9H2,1-5H3,(H,16,18). The minimum absolute atomic E-state index is 0.0506. The average molecular weight is 249 g/mol. The number of aryl methyl sites for hydroxylation is 2. The molecular formula is C15H23NO2. The quantitative estimate of drug-likeness (QED) is 0.864. The highest BCUT2D eigenvalue weighted by molar-refractivity contribution is 5.81. The van der Waals surface area contributed by atoms with Crippen LogP contribution in [-0.2, 0) is 4.79 Å². The molecule has 0 bridgehead atoms. The molecule has 1 amide bonds. The summed E-state index contributed by atoms with van der Waals surface area (Å²) in [6, 6.07) is 5.85. The number of aliphatic hydroxyl groups excluding tert-OH is 1. The lowest BCUT2D eigenvalue weighted by atomic mass is 9.95. The van der Waals surface area contributed by atoms with Crippen molar-refractivity contribution in [3.05, 3.63) is 34.9 Å². The van der Waals surface area contributed by atoms with Gasteiger partial charge in [-0.25, -0.2) is 0 Å². The van der Waals surface area contributed by atoms with E-state index in [1.807, 2.05) is 52.8 Å². The first kappa shape index (κ1) is 14.7. The molecule has 100 valence electrons. The van der Waals surface area contributed by atoms with Crippen LogP contribution in [0, 0.1) is 19.3 Å². The molecule has 0 spiro atoms. The molecule has 0 saturated heterocycles. The molecule has 1 rings (SSSR count). The van der Waals surface area contributed by atoms with Gasteiger partial charge in [0.1, 0.15) is 0 Å². The molecule has 1 atom stereocenters. The van der Waals surface area contributed by atoms with Crippen LogP contribution in [0.25, 0.3) is 0 Å². The molecule has 0 aliphatic rings. The molecule has 0 radical (unpaired) electrons. The van der Waals surface area contributed by atoms with E-state index in [9.17, 15) is 9.90 Å². The smallest absolute Gasteiger partial charge is 0.225 e. The lowest BCUT2D eigenvalue weighted by Gasteiger charge is -2.20. The van der Waals surface area contributed by atoms with E-state index in [1.54, 1.807) is 0 Å². The summed E-state index contributed by atoms with van der Waals surface area (Å²) in [5, 5.41) is 12.8. The Morgan fingerprint density at radius 2 is 1.89 bits per heavy atom. The molecule has 0 fully saturated rings. The Morgan fingerprint density at radius 1 is 1.28 bits per heavy atom. The minimum Gasteiger partial charge on any atom is -0.387 e. The van der Waals surface area contributed by atoms with E-state index >= 15 is 0 Å². The molecule has 2 N–H and O–H groups in total. The molecule has 0 saturated carbocycles. The average Bonchev–Trinajstić information content (AvgIpc) is 2.27. The molecule has 0 aliphatic carbocycles. The summed E-state index contributed by atoms with van der Waals surface area (Å²) >= 11 is 0. The van der Waals surface area contributed by atoms with E-state index in [0.29, 0.717) is 0 Å².